The molecule has 0 spiro atoms. The van der Waals surface area contributed by atoms with Crippen molar-refractivity contribution in [3.63, 3.8) is 0 Å². The van der Waals surface area contributed by atoms with Gasteiger partial charge in [0.1, 0.15) is 12.4 Å². The zero-order valence-corrected chi connectivity index (χ0v) is 14.1. The minimum absolute atomic E-state index is 0.130. The number of rotatable bonds is 7. The second-order valence-electron chi connectivity index (χ2n) is 5.33. The van der Waals surface area contributed by atoms with Crippen molar-refractivity contribution in [2.75, 3.05) is 7.11 Å². The van der Waals surface area contributed by atoms with Crippen LogP contribution in [0.5, 0.6) is 17.4 Å². The molecule has 1 aromatic carbocycles. The molecule has 0 saturated heterocycles. The van der Waals surface area contributed by atoms with Crippen LogP contribution in [0.1, 0.15) is 21.9 Å². The third-order valence-electron chi connectivity index (χ3n) is 3.61. The lowest BCUT2D eigenvalue weighted by molar-refractivity contribution is 0.0918. The van der Waals surface area contributed by atoms with Gasteiger partial charge in [-0.2, -0.15) is 0 Å². The van der Waals surface area contributed by atoms with E-state index in [4.69, 9.17) is 19.0 Å². The summed E-state index contributed by atoms with van der Waals surface area (Å²) in [5.74, 6) is 1.55. The fourth-order valence-electron chi connectivity index (χ4n) is 2.31. The molecule has 0 atom stereocenters. The molecule has 3 rings (SSSR count). The van der Waals surface area contributed by atoms with E-state index in [9.17, 15) is 4.79 Å². The average molecular weight is 354 g/mol. The zero-order valence-electron chi connectivity index (χ0n) is 14.1. The highest BCUT2D eigenvalue weighted by Gasteiger charge is 2.14. The summed E-state index contributed by atoms with van der Waals surface area (Å²) in [6, 6.07) is 13.9. The van der Waals surface area contributed by atoms with Gasteiger partial charge in [0, 0.05) is 18.3 Å². The third-order valence-corrected chi connectivity index (χ3v) is 3.61. The van der Waals surface area contributed by atoms with E-state index < -0.39 is 5.91 Å². The molecule has 0 aliphatic heterocycles. The molecule has 2 heterocycles. The van der Waals surface area contributed by atoms with E-state index in [1.165, 1.54) is 6.07 Å². The van der Waals surface area contributed by atoms with Crippen LogP contribution < -0.4 is 14.8 Å². The Bertz CT molecular complexity index is 891. The number of aromatic nitrogens is 1. The number of pyridine rings is 1. The van der Waals surface area contributed by atoms with Crippen LogP contribution in [0.3, 0.4) is 0 Å². The molecule has 7 heteroatoms. The summed E-state index contributed by atoms with van der Waals surface area (Å²) in [4.78, 5) is 16.4. The van der Waals surface area contributed by atoms with Crippen LogP contribution in [0.2, 0.25) is 0 Å². The van der Waals surface area contributed by atoms with Gasteiger partial charge in [-0.05, 0) is 30.3 Å². The summed E-state index contributed by atoms with van der Waals surface area (Å²) in [5.41, 5.74) is 0.695. The monoisotopic (exact) mass is 354 g/mol. The molecule has 26 heavy (non-hydrogen) atoms. The Morgan fingerprint density at radius 2 is 1.96 bits per heavy atom. The number of benzene rings is 1. The molecular formula is C19H18N2O5. The Morgan fingerprint density at radius 1 is 1.15 bits per heavy atom. The van der Waals surface area contributed by atoms with Crippen LogP contribution in [0.25, 0.3) is 0 Å². The smallest absolute Gasteiger partial charge is 0.287 e. The number of hydrogen-bond acceptors (Lipinski definition) is 6. The van der Waals surface area contributed by atoms with E-state index in [-0.39, 0.29) is 18.9 Å². The number of aliphatic hydroxyl groups excluding tert-OH is 1. The molecule has 2 N–H and O–H groups in total. The van der Waals surface area contributed by atoms with Gasteiger partial charge >= 0.3 is 0 Å². The first kappa shape index (κ1) is 17.5. The molecule has 7 nitrogen and oxygen atoms in total. The van der Waals surface area contributed by atoms with Crippen molar-refractivity contribution in [3.8, 4) is 17.4 Å². The number of carbonyl (C=O) groups excluding carboxylic acids is 1. The number of nitrogens with one attached hydrogen (secondary N) is 1. The predicted molar refractivity (Wildman–Crippen MR) is 93.1 cm³/mol. The molecule has 0 bridgehead atoms. The van der Waals surface area contributed by atoms with Gasteiger partial charge in [-0.25, -0.2) is 4.98 Å². The summed E-state index contributed by atoms with van der Waals surface area (Å²) in [5, 5.41) is 11.7. The number of para-hydroxylation sites is 2. The molecule has 1 amide bonds. The number of methoxy groups -OCH3 is 1. The number of ether oxygens (including phenoxy) is 2. The predicted octanol–water partition coefficient (Wildman–Crippen LogP) is 2.90. The average Bonchev–Trinajstić information content (AvgIpc) is 3.17. The van der Waals surface area contributed by atoms with Crippen molar-refractivity contribution in [2.45, 2.75) is 13.2 Å². The van der Waals surface area contributed by atoms with Crippen molar-refractivity contribution in [2.24, 2.45) is 0 Å². The SMILES string of the molecule is COc1ccccc1Oc1ncccc1CNC(=O)c1ccc(CO)o1. The Balaban J connectivity index is 1.72. The van der Waals surface area contributed by atoms with Gasteiger partial charge in [-0.1, -0.05) is 18.2 Å². The largest absolute Gasteiger partial charge is 0.493 e. The maximum atomic E-state index is 12.1. The zero-order chi connectivity index (χ0) is 18.4. The molecular weight excluding hydrogens is 336 g/mol. The second kappa shape index (κ2) is 8.17. The van der Waals surface area contributed by atoms with Crippen molar-refractivity contribution >= 4 is 5.91 Å². The normalized spacial score (nSPS) is 10.4. The van der Waals surface area contributed by atoms with E-state index in [1.54, 1.807) is 43.6 Å². The van der Waals surface area contributed by atoms with Crippen LogP contribution in [0.4, 0.5) is 0 Å². The Hall–Kier alpha value is -3.32. The Morgan fingerprint density at radius 3 is 2.69 bits per heavy atom. The summed E-state index contributed by atoms with van der Waals surface area (Å²) < 4.78 is 16.3. The molecule has 0 saturated carbocycles. The highest BCUT2D eigenvalue weighted by Crippen LogP contribution is 2.31. The molecule has 0 unspecified atom stereocenters. The molecule has 134 valence electrons. The quantitative estimate of drug-likeness (QED) is 0.678. The van der Waals surface area contributed by atoms with Crippen LogP contribution >= 0.6 is 0 Å². The first-order valence-electron chi connectivity index (χ1n) is 7.94. The van der Waals surface area contributed by atoms with Crippen LogP contribution in [0, 0.1) is 0 Å². The maximum absolute atomic E-state index is 12.1. The van der Waals surface area contributed by atoms with Gasteiger partial charge in [-0.15, -0.1) is 0 Å². The number of amides is 1. The number of furan rings is 1. The van der Waals surface area contributed by atoms with Crippen molar-refractivity contribution in [3.05, 3.63) is 71.8 Å². The minimum atomic E-state index is -0.392. The highest BCUT2D eigenvalue weighted by molar-refractivity contribution is 5.91. The van der Waals surface area contributed by atoms with Gasteiger partial charge in [0.25, 0.3) is 5.91 Å². The van der Waals surface area contributed by atoms with E-state index in [0.29, 0.717) is 28.7 Å². The summed E-state index contributed by atoms with van der Waals surface area (Å²) in [6.07, 6.45) is 1.61. The van der Waals surface area contributed by atoms with Crippen LogP contribution in [-0.4, -0.2) is 23.1 Å². The number of nitrogens with zero attached hydrogens (tertiary/aromatic N) is 1. The van der Waals surface area contributed by atoms with Gasteiger partial charge < -0.3 is 24.3 Å². The summed E-state index contributed by atoms with van der Waals surface area (Å²) in [7, 11) is 1.56. The lowest BCUT2D eigenvalue weighted by Crippen LogP contribution is -2.22. The van der Waals surface area contributed by atoms with Crippen molar-refractivity contribution in [1.82, 2.24) is 10.3 Å². The fourth-order valence-corrected chi connectivity index (χ4v) is 2.31. The Kier molecular flexibility index (Phi) is 5.50. The van der Waals surface area contributed by atoms with Gasteiger partial charge in [0.15, 0.2) is 17.3 Å². The van der Waals surface area contributed by atoms with E-state index in [0.717, 1.165) is 0 Å². The van der Waals surface area contributed by atoms with E-state index >= 15 is 0 Å². The van der Waals surface area contributed by atoms with Crippen molar-refractivity contribution < 1.29 is 23.8 Å². The van der Waals surface area contributed by atoms with Gasteiger partial charge in [0.2, 0.25) is 5.88 Å². The number of hydrogen-bond donors (Lipinski definition) is 2. The number of carbonyl (C=O) groups is 1. The second-order valence-corrected chi connectivity index (χ2v) is 5.33. The standard InChI is InChI=1S/C19H18N2O5/c1-24-15-6-2-3-7-16(15)26-19-13(5-4-10-20-19)11-21-18(23)17-9-8-14(12-22)25-17/h2-10,22H,11-12H2,1H3,(H,21,23). The van der Waals surface area contributed by atoms with Gasteiger partial charge in [0.05, 0.1) is 7.11 Å². The fraction of sp³-hybridized carbons (Fsp3) is 0.158. The van der Waals surface area contributed by atoms with E-state index in [1.807, 2.05) is 12.1 Å². The molecule has 0 radical (unpaired) electrons. The first-order valence-corrected chi connectivity index (χ1v) is 7.94. The lowest BCUT2D eigenvalue weighted by atomic mass is 10.2. The number of aliphatic hydroxyl groups is 1. The summed E-state index contributed by atoms with van der Waals surface area (Å²) >= 11 is 0. The van der Waals surface area contributed by atoms with Crippen LogP contribution in [0.15, 0.2) is 59.1 Å². The lowest BCUT2D eigenvalue weighted by Gasteiger charge is -2.12. The summed E-state index contributed by atoms with van der Waals surface area (Å²) in [6.45, 7) is -0.0565. The van der Waals surface area contributed by atoms with Crippen LogP contribution in [-0.2, 0) is 13.2 Å². The Labute approximate surface area is 150 Å². The topological polar surface area (TPSA) is 93.8 Å². The molecule has 3 aromatic rings. The molecule has 2 aromatic heterocycles. The minimum Gasteiger partial charge on any atom is -0.493 e. The third kappa shape index (κ3) is 4.01. The highest BCUT2D eigenvalue weighted by atomic mass is 16.5. The maximum Gasteiger partial charge on any atom is 0.287 e. The van der Waals surface area contributed by atoms with Crippen molar-refractivity contribution in [1.29, 1.82) is 0 Å². The molecule has 0 aliphatic rings. The van der Waals surface area contributed by atoms with E-state index in [2.05, 4.69) is 10.3 Å². The molecule has 0 fully saturated rings. The first-order chi connectivity index (χ1) is 12.7. The molecule has 0 aliphatic carbocycles. The van der Waals surface area contributed by atoms with Gasteiger partial charge in [-0.3, -0.25) is 4.79 Å².